The average Bonchev–Trinajstić information content (AvgIpc) is 2.98. The van der Waals surface area contributed by atoms with Crippen molar-refractivity contribution in [2.24, 2.45) is 0 Å². The fourth-order valence-corrected chi connectivity index (χ4v) is 1.75. The normalized spacial score (nSPS) is 10.2. The highest BCUT2D eigenvalue weighted by atomic mass is 16.4. The summed E-state index contributed by atoms with van der Waals surface area (Å²) in [6.07, 6.45) is 1.46. The van der Waals surface area contributed by atoms with Crippen LogP contribution in [0.3, 0.4) is 0 Å². The third kappa shape index (κ3) is 2.83. The third-order valence-corrected chi connectivity index (χ3v) is 2.73. The molecule has 1 amide bonds. The van der Waals surface area contributed by atoms with E-state index in [0.29, 0.717) is 11.4 Å². The summed E-state index contributed by atoms with van der Waals surface area (Å²) in [6.45, 7) is -0.106. The molecule has 0 saturated heterocycles. The first kappa shape index (κ1) is 13.8. The number of H-pyrrole nitrogens is 1. The molecule has 0 unspecified atom stereocenters. The van der Waals surface area contributed by atoms with E-state index in [-0.39, 0.29) is 24.6 Å². The fraction of sp³-hybridized carbons (Fsp3) is 0.154. The molecule has 0 aliphatic heterocycles. The minimum absolute atomic E-state index is 0.101. The lowest BCUT2D eigenvalue weighted by atomic mass is 10.2. The smallest absolute Gasteiger partial charge is 0.335 e. The molecule has 0 saturated carbocycles. The minimum atomic E-state index is -1.04. The highest BCUT2D eigenvalue weighted by molar-refractivity contribution is 6.04. The van der Waals surface area contributed by atoms with Crippen LogP contribution in [0.1, 0.15) is 20.8 Å². The Morgan fingerprint density at radius 1 is 1.20 bits per heavy atom. The van der Waals surface area contributed by atoms with E-state index in [4.69, 9.17) is 10.2 Å². The SMILES string of the molecule is O=C(O)c1ccc(N(CCO)C(=O)c2ccn[nH]2)cc1. The number of hydrogen-bond donors (Lipinski definition) is 3. The van der Waals surface area contributed by atoms with Gasteiger partial charge in [0.2, 0.25) is 0 Å². The van der Waals surface area contributed by atoms with Crippen LogP contribution < -0.4 is 4.90 Å². The van der Waals surface area contributed by atoms with Crippen LogP contribution in [0.25, 0.3) is 0 Å². The first-order valence-electron chi connectivity index (χ1n) is 5.89. The Balaban J connectivity index is 2.28. The summed E-state index contributed by atoms with van der Waals surface area (Å²) in [4.78, 5) is 24.4. The van der Waals surface area contributed by atoms with Crippen LogP contribution in [-0.4, -0.2) is 45.4 Å². The van der Waals surface area contributed by atoms with E-state index in [9.17, 15) is 9.59 Å². The molecule has 7 heteroatoms. The van der Waals surface area contributed by atoms with Crippen molar-refractivity contribution in [1.29, 1.82) is 0 Å². The molecule has 2 aromatic rings. The molecule has 1 heterocycles. The van der Waals surface area contributed by atoms with Gasteiger partial charge in [0, 0.05) is 18.4 Å². The summed E-state index contributed by atoms with van der Waals surface area (Å²) >= 11 is 0. The van der Waals surface area contributed by atoms with Gasteiger partial charge in [0.1, 0.15) is 5.69 Å². The average molecular weight is 275 g/mol. The first-order chi connectivity index (χ1) is 9.63. The van der Waals surface area contributed by atoms with E-state index in [0.717, 1.165) is 0 Å². The maximum absolute atomic E-state index is 12.2. The lowest BCUT2D eigenvalue weighted by molar-refractivity contribution is 0.0696. The van der Waals surface area contributed by atoms with E-state index in [1.165, 1.54) is 41.4 Å². The zero-order valence-electron chi connectivity index (χ0n) is 10.5. The Morgan fingerprint density at radius 2 is 1.90 bits per heavy atom. The molecule has 1 aromatic heterocycles. The number of rotatable bonds is 5. The number of benzene rings is 1. The van der Waals surface area contributed by atoms with Crippen LogP contribution >= 0.6 is 0 Å². The summed E-state index contributed by atoms with van der Waals surface area (Å²) in [5.41, 5.74) is 0.927. The van der Waals surface area contributed by atoms with Gasteiger partial charge in [0.25, 0.3) is 5.91 Å². The largest absolute Gasteiger partial charge is 0.478 e. The van der Waals surface area contributed by atoms with E-state index >= 15 is 0 Å². The number of aromatic carboxylic acids is 1. The zero-order chi connectivity index (χ0) is 14.5. The van der Waals surface area contributed by atoms with Crippen LogP contribution in [-0.2, 0) is 0 Å². The minimum Gasteiger partial charge on any atom is -0.478 e. The van der Waals surface area contributed by atoms with Gasteiger partial charge < -0.3 is 15.1 Å². The van der Waals surface area contributed by atoms with Crippen molar-refractivity contribution < 1.29 is 19.8 Å². The monoisotopic (exact) mass is 275 g/mol. The van der Waals surface area contributed by atoms with Gasteiger partial charge in [-0.1, -0.05) is 0 Å². The summed E-state index contributed by atoms with van der Waals surface area (Å²) in [5, 5.41) is 24.2. The molecule has 0 bridgehead atoms. The van der Waals surface area contributed by atoms with E-state index in [1.807, 2.05) is 0 Å². The fourth-order valence-electron chi connectivity index (χ4n) is 1.75. The summed E-state index contributed by atoms with van der Waals surface area (Å²) in [5.74, 6) is -1.38. The van der Waals surface area contributed by atoms with E-state index in [2.05, 4.69) is 10.2 Å². The predicted octanol–water partition coefficient (Wildman–Crippen LogP) is 0.747. The predicted molar refractivity (Wildman–Crippen MR) is 70.8 cm³/mol. The Hall–Kier alpha value is -2.67. The number of carbonyl (C=O) groups is 2. The van der Waals surface area contributed by atoms with Crippen LogP contribution in [0.5, 0.6) is 0 Å². The molecule has 0 radical (unpaired) electrons. The number of anilines is 1. The second-order valence-corrected chi connectivity index (χ2v) is 4.00. The van der Waals surface area contributed by atoms with Crippen LogP contribution in [0.2, 0.25) is 0 Å². The highest BCUT2D eigenvalue weighted by Crippen LogP contribution is 2.17. The molecule has 3 N–H and O–H groups in total. The zero-order valence-corrected chi connectivity index (χ0v) is 10.5. The number of nitrogens with one attached hydrogen (secondary N) is 1. The molecule has 0 fully saturated rings. The van der Waals surface area contributed by atoms with Gasteiger partial charge >= 0.3 is 5.97 Å². The number of carbonyl (C=O) groups excluding carboxylic acids is 1. The van der Waals surface area contributed by atoms with Crippen molar-refractivity contribution >= 4 is 17.6 Å². The molecule has 0 aliphatic carbocycles. The second-order valence-electron chi connectivity index (χ2n) is 4.00. The molecule has 104 valence electrons. The molecular formula is C13H13N3O4. The highest BCUT2D eigenvalue weighted by Gasteiger charge is 2.18. The van der Waals surface area contributed by atoms with Gasteiger partial charge in [-0.25, -0.2) is 4.79 Å². The van der Waals surface area contributed by atoms with E-state index < -0.39 is 5.97 Å². The quantitative estimate of drug-likeness (QED) is 0.746. The standard InChI is InChI=1S/C13H13N3O4/c17-8-7-16(12(18)11-5-6-14-15-11)10-3-1-9(2-4-10)13(19)20/h1-6,17H,7-8H2,(H,14,15)(H,19,20). The van der Waals surface area contributed by atoms with Crippen molar-refractivity contribution in [3.05, 3.63) is 47.8 Å². The summed E-state index contributed by atoms with van der Waals surface area (Å²) < 4.78 is 0. The number of aliphatic hydroxyl groups excluding tert-OH is 1. The van der Waals surface area contributed by atoms with Crippen molar-refractivity contribution in [3.63, 3.8) is 0 Å². The lowest BCUT2D eigenvalue weighted by Gasteiger charge is -2.21. The lowest BCUT2D eigenvalue weighted by Crippen LogP contribution is -2.33. The molecule has 7 nitrogen and oxygen atoms in total. The maximum atomic E-state index is 12.2. The second kappa shape index (κ2) is 5.98. The van der Waals surface area contributed by atoms with Gasteiger partial charge in [-0.3, -0.25) is 9.89 Å². The first-order valence-corrected chi connectivity index (χ1v) is 5.89. The molecule has 0 aliphatic rings. The van der Waals surface area contributed by atoms with Gasteiger partial charge in [-0.05, 0) is 30.3 Å². The summed E-state index contributed by atoms with van der Waals surface area (Å²) in [7, 11) is 0. The van der Waals surface area contributed by atoms with Gasteiger partial charge in [0.05, 0.1) is 12.2 Å². The van der Waals surface area contributed by atoms with Crippen LogP contribution in [0.15, 0.2) is 36.5 Å². The van der Waals surface area contributed by atoms with Crippen LogP contribution in [0, 0.1) is 0 Å². The number of aromatic amines is 1. The van der Waals surface area contributed by atoms with E-state index in [1.54, 1.807) is 0 Å². The third-order valence-electron chi connectivity index (χ3n) is 2.73. The molecule has 20 heavy (non-hydrogen) atoms. The number of amides is 1. The Labute approximate surface area is 114 Å². The van der Waals surface area contributed by atoms with Gasteiger partial charge in [-0.15, -0.1) is 0 Å². The number of carboxylic acid groups (broad SMARTS) is 1. The number of aromatic nitrogens is 2. The molecule has 2 rings (SSSR count). The van der Waals surface area contributed by atoms with Gasteiger partial charge in [-0.2, -0.15) is 5.10 Å². The molecule has 0 atom stereocenters. The number of aliphatic hydroxyl groups is 1. The van der Waals surface area contributed by atoms with Crippen molar-refractivity contribution in [1.82, 2.24) is 10.2 Å². The molecular weight excluding hydrogens is 262 g/mol. The van der Waals surface area contributed by atoms with Crippen molar-refractivity contribution in [2.75, 3.05) is 18.1 Å². The summed E-state index contributed by atoms with van der Waals surface area (Å²) in [6, 6.07) is 7.38. The van der Waals surface area contributed by atoms with Crippen LogP contribution in [0.4, 0.5) is 5.69 Å². The number of nitrogens with zero attached hydrogens (tertiary/aromatic N) is 2. The topological polar surface area (TPSA) is 107 Å². The van der Waals surface area contributed by atoms with Gasteiger partial charge in [0.15, 0.2) is 0 Å². The molecule has 0 spiro atoms. The Bertz CT molecular complexity index is 593. The Kier molecular flexibility index (Phi) is 4.11. The maximum Gasteiger partial charge on any atom is 0.335 e. The number of hydrogen-bond acceptors (Lipinski definition) is 4. The van der Waals surface area contributed by atoms with Crippen molar-refractivity contribution in [2.45, 2.75) is 0 Å². The Morgan fingerprint density at radius 3 is 2.40 bits per heavy atom. The van der Waals surface area contributed by atoms with Crippen molar-refractivity contribution in [3.8, 4) is 0 Å². The molecule has 1 aromatic carbocycles. The number of carboxylic acids is 1.